The van der Waals surface area contributed by atoms with Crippen LogP contribution in [0.3, 0.4) is 0 Å². The zero-order valence-corrected chi connectivity index (χ0v) is 14.7. The number of pyridine rings is 1. The zero-order valence-electron chi connectivity index (χ0n) is 13.1. The third-order valence-corrected chi connectivity index (χ3v) is 3.61. The van der Waals surface area contributed by atoms with E-state index in [1.807, 2.05) is 43.3 Å². The Hall–Kier alpha value is -2.08. The summed E-state index contributed by atoms with van der Waals surface area (Å²) in [4.78, 5) is 16.3. The van der Waals surface area contributed by atoms with Gasteiger partial charge in [-0.3, -0.25) is 4.79 Å². The average Bonchev–Trinajstić information content (AvgIpc) is 2.56. The van der Waals surface area contributed by atoms with Crippen molar-refractivity contribution in [3.8, 4) is 11.6 Å². The molecule has 2 rings (SSSR count). The topological polar surface area (TPSA) is 60.5 Å². The number of nitrogens with one attached hydrogen (secondary N) is 1. The Bertz CT molecular complexity index is 647. The second-order valence-electron chi connectivity index (χ2n) is 4.83. The third-order valence-electron chi connectivity index (χ3n) is 3.08. The van der Waals surface area contributed by atoms with E-state index in [4.69, 9.17) is 9.47 Å². The van der Waals surface area contributed by atoms with E-state index in [1.54, 1.807) is 13.1 Å². The van der Waals surface area contributed by atoms with Gasteiger partial charge in [0.2, 0.25) is 5.88 Å². The molecule has 1 atom stereocenters. The van der Waals surface area contributed by atoms with E-state index in [-0.39, 0.29) is 5.91 Å². The molecule has 0 bridgehead atoms. The normalized spacial score (nSPS) is 11.6. The van der Waals surface area contributed by atoms with Crippen molar-refractivity contribution in [2.45, 2.75) is 26.5 Å². The highest BCUT2D eigenvalue weighted by atomic mass is 79.9. The minimum atomic E-state index is -0.594. The Morgan fingerprint density at radius 2 is 2.04 bits per heavy atom. The Labute approximate surface area is 144 Å². The van der Waals surface area contributed by atoms with Crippen molar-refractivity contribution in [3.63, 3.8) is 0 Å². The summed E-state index contributed by atoms with van der Waals surface area (Å²) in [5, 5.41) is 2.84. The number of hydrogen-bond donors (Lipinski definition) is 1. The molecule has 1 N–H and O–H groups in total. The van der Waals surface area contributed by atoms with E-state index < -0.39 is 6.10 Å². The molecule has 0 aliphatic carbocycles. The minimum Gasteiger partial charge on any atom is -0.481 e. The molecular weight excluding hydrogens is 360 g/mol. The highest BCUT2D eigenvalue weighted by molar-refractivity contribution is 9.10. The third kappa shape index (κ3) is 5.25. The minimum absolute atomic E-state index is 0.195. The number of carbonyl (C=O) groups excluding carboxylic acids is 1. The first-order chi connectivity index (χ1) is 11.1. The van der Waals surface area contributed by atoms with Gasteiger partial charge in [0, 0.05) is 22.8 Å². The fourth-order valence-corrected chi connectivity index (χ4v) is 2.19. The number of benzene rings is 1. The smallest absolute Gasteiger partial charge is 0.261 e. The summed E-state index contributed by atoms with van der Waals surface area (Å²) >= 11 is 3.36. The Morgan fingerprint density at radius 1 is 1.30 bits per heavy atom. The van der Waals surface area contributed by atoms with Crippen molar-refractivity contribution < 1.29 is 14.3 Å². The van der Waals surface area contributed by atoms with Crippen LogP contribution in [0.25, 0.3) is 0 Å². The molecule has 0 radical (unpaired) electrons. The van der Waals surface area contributed by atoms with E-state index in [9.17, 15) is 4.79 Å². The van der Waals surface area contributed by atoms with Crippen molar-refractivity contribution in [2.75, 3.05) is 6.61 Å². The van der Waals surface area contributed by atoms with Crippen LogP contribution in [0.2, 0.25) is 0 Å². The van der Waals surface area contributed by atoms with E-state index in [0.717, 1.165) is 10.0 Å². The molecule has 0 fully saturated rings. The lowest BCUT2D eigenvalue weighted by molar-refractivity contribution is -0.127. The Morgan fingerprint density at radius 3 is 2.74 bits per heavy atom. The monoisotopic (exact) mass is 378 g/mol. The molecule has 1 unspecified atom stereocenters. The van der Waals surface area contributed by atoms with Crippen molar-refractivity contribution in [1.29, 1.82) is 0 Å². The van der Waals surface area contributed by atoms with Gasteiger partial charge >= 0.3 is 0 Å². The van der Waals surface area contributed by atoms with E-state index >= 15 is 0 Å². The first kappa shape index (κ1) is 17.3. The number of nitrogens with zero attached hydrogens (tertiary/aromatic N) is 1. The van der Waals surface area contributed by atoms with Crippen LogP contribution < -0.4 is 14.8 Å². The first-order valence-corrected chi connectivity index (χ1v) is 8.16. The SMILES string of the molecule is CCOc1ncccc1CNC(=O)C(C)Oc1ccc(Br)cc1. The van der Waals surface area contributed by atoms with Crippen LogP contribution in [0.1, 0.15) is 19.4 Å². The van der Waals surface area contributed by atoms with Crippen molar-refractivity contribution >= 4 is 21.8 Å². The number of rotatable bonds is 7. The highest BCUT2D eigenvalue weighted by Gasteiger charge is 2.15. The molecule has 23 heavy (non-hydrogen) atoms. The fraction of sp³-hybridized carbons (Fsp3) is 0.294. The van der Waals surface area contributed by atoms with Gasteiger partial charge in [0.1, 0.15) is 5.75 Å². The maximum Gasteiger partial charge on any atom is 0.261 e. The predicted molar refractivity (Wildman–Crippen MR) is 91.5 cm³/mol. The van der Waals surface area contributed by atoms with E-state index in [1.165, 1.54) is 0 Å². The summed E-state index contributed by atoms with van der Waals surface area (Å²) in [5.74, 6) is 0.989. The number of halogens is 1. The van der Waals surface area contributed by atoms with Crippen molar-refractivity contribution in [3.05, 3.63) is 52.6 Å². The summed E-state index contributed by atoms with van der Waals surface area (Å²) in [6.07, 6.45) is 1.07. The quantitative estimate of drug-likeness (QED) is 0.802. The van der Waals surface area contributed by atoms with Crippen molar-refractivity contribution in [2.24, 2.45) is 0 Å². The maximum absolute atomic E-state index is 12.2. The van der Waals surface area contributed by atoms with Gasteiger partial charge < -0.3 is 14.8 Å². The summed E-state index contributed by atoms with van der Waals surface area (Å²) in [5.41, 5.74) is 0.832. The number of ether oxygens (including phenoxy) is 2. The zero-order chi connectivity index (χ0) is 16.7. The van der Waals surface area contributed by atoms with Gasteiger partial charge in [0.15, 0.2) is 6.10 Å². The first-order valence-electron chi connectivity index (χ1n) is 7.36. The van der Waals surface area contributed by atoms with Gasteiger partial charge in [-0.05, 0) is 44.2 Å². The molecule has 0 aliphatic heterocycles. The van der Waals surface area contributed by atoms with Crippen LogP contribution in [0.4, 0.5) is 0 Å². The molecule has 1 aromatic carbocycles. The maximum atomic E-state index is 12.2. The molecule has 1 heterocycles. The van der Waals surface area contributed by atoms with Crippen molar-refractivity contribution in [1.82, 2.24) is 10.3 Å². The summed E-state index contributed by atoms with van der Waals surface area (Å²) in [7, 11) is 0. The second kappa shape index (κ2) is 8.53. The lowest BCUT2D eigenvalue weighted by Gasteiger charge is -2.15. The number of carbonyl (C=O) groups is 1. The number of hydrogen-bond acceptors (Lipinski definition) is 4. The molecule has 0 aliphatic rings. The van der Waals surface area contributed by atoms with Crippen LogP contribution in [0, 0.1) is 0 Å². The fourth-order valence-electron chi connectivity index (χ4n) is 1.92. The van der Waals surface area contributed by atoms with Crippen LogP contribution in [-0.4, -0.2) is 23.6 Å². The molecule has 1 amide bonds. The molecule has 1 aromatic heterocycles. The van der Waals surface area contributed by atoms with Gasteiger partial charge in [-0.1, -0.05) is 22.0 Å². The van der Waals surface area contributed by atoms with Gasteiger partial charge in [-0.2, -0.15) is 0 Å². The molecule has 2 aromatic rings. The molecular formula is C17H19BrN2O3. The second-order valence-corrected chi connectivity index (χ2v) is 5.75. The molecule has 0 saturated heterocycles. The number of aromatic nitrogens is 1. The summed E-state index contributed by atoms with van der Waals surface area (Å²) < 4.78 is 12.0. The molecule has 122 valence electrons. The number of amides is 1. The molecule has 6 heteroatoms. The van der Waals surface area contributed by atoms with Crippen LogP contribution in [0.15, 0.2) is 47.1 Å². The van der Waals surface area contributed by atoms with Crippen LogP contribution in [0.5, 0.6) is 11.6 Å². The van der Waals surface area contributed by atoms with Gasteiger partial charge in [-0.15, -0.1) is 0 Å². The lowest BCUT2D eigenvalue weighted by atomic mass is 10.2. The largest absolute Gasteiger partial charge is 0.481 e. The van der Waals surface area contributed by atoms with Crippen LogP contribution >= 0.6 is 15.9 Å². The summed E-state index contributed by atoms with van der Waals surface area (Å²) in [6.45, 7) is 4.48. The van der Waals surface area contributed by atoms with Gasteiger partial charge in [-0.25, -0.2) is 4.98 Å². The van der Waals surface area contributed by atoms with Gasteiger partial charge in [0.05, 0.1) is 6.61 Å². The van der Waals surface area contributed by atoms with E-state index in [2.05, 4.69) is 26.2 Å². The van der Waals surface area contributed by atoms with Crippen LogP contribution in [-0.2, 0) is 11.3 Å². The molecule has 0 spiro atoms. The van der Waals surface area contributed by atoms with E-state index in [0.29, 0.717) is 24.8 Å². The average molecular weight is 379 g/mol. The Kier molecular flexibility index (Phi) is 6.40. The standard InChI is InChI=1S/C17H19BrN2O3/c1-3-22-17-13(5-4-10-19-17)11-20-16(21)12(2)23-15-8-6-14(18)7-9-15/h4-10,12H,3,11H2,1-2H3,(H,20,21). The van der Waals surface area contributed by atoms with Gasteiger partial charge in [0.25, 0.3) is 5.91 Å². The lowest BCUT2D eigenvalue weighted by Crippen LogP contribution is -2.36. The summed E-state index contributed by atoms with van der Waals surface area (Å²) in [6, 6.07) is 11.0. The Balaban J connectivity index is 1.90. The highest BCUT2D eigenvalue weighted by Crippen LogP contribution is 2.17. The molecule has 0 saturated carbocycles. The predicted octanol–water partition coefficient (Wildman–Crippen LogP) is 3.33. The molecule has 5 nitrogen and oxygen atoms in total.